The Kier molecular flexibility index (Phi) is 18.2. The maximum absolute atomic E-state index is 13.5. The van der Waals surface area contributed by atoms with Crippen molar-refractivity contribution in [3.8, 4) is 0 Å². The summed E-state index contributed by atoms with van der Waals surface area (Å²) in [5.41, 5.74) is 1.27. The molecule has 1 aliphatic rings. The van der Waals surface area contributed by atoms with Gasteiger partial charge in [-0.15, -0.1) is 0 Å². The first-order valence-electron chi connectivity index (χ1n) is 15.9. The number of nitrogens with one attached hydrogen (secondary N) is 2. The average Bonchev–Trinajstić information content (AvgIpc) is 2.99. The van der Waals surface area contributed by atoms with Gasteiger partial charge in [0.05, 0.1) is 18.7 Å². The van der Waals surface area contributed by atoms with Crippen molar-refractivity contribution in [2.75, 3.05) is 44.3 Å². The third-order valence-corrected chi connectivity index (χ3v) is 7.55. The molecule has 2 rings (SSSR count). The van der Waals surface area contributed by atoms with Crippen molar-refractivity contribution < 1.29 is 23.9 Å². The number of amides is 3. The summed E-state index contributed by atoms with van der Waals surface area (Å²) in [6.07, 6.45) is 14.5. The van der Waals surface area contributed by atoms with Crippen molar-refractivity contribution in [2.45, 2.75) is 91.0 Å². The van der Waals surface area contributed by atoms with E-state index in [4.69, 9.17) is 9.47 Å². The molecule has 1 aromatic rings. The van der Waals surface area contributed by atoms with Crippen molar-refractivity contribution in [2.24, 2.45) is 0 Å². The van der Waals surface area contributed by atoms with Gasteiger partial charge in [0.2, 0.25) is 0 Å². The van der Waals surface area contributed by atoms with E-state index in [0.717, 1.165) is 36.8 Å². The first kappa shape index (κ1) is 36.2. The van der Waals surface area contributed by atoms with E-state index < -0.39 is 12.2 Å². The van der Waals surface area contributed by atoms with Crippen LogP contribution in [-0.4, -0.2) is 68.4 Å². The molecular weight excluding hydrogens is 612 g/mol. The fourth-order valence-corrected chi connectivity index (χ4v) is 5.39. The predicted octanol–water partition coefficient (Wildman–Crippen LogP) is 7.28. The smallest absolute Gasteiger partial charge is 0.407 e. The predicted molar refractivity (Wildman–Crippen MR) is 176 cm³/mol. The number of rotatable bonds is 20. The quantitative estimate of drug-likeness (QED) is 0.142. The number of alkyl carbamates (subject to hydrolysis) is 2. The number of unbranched alkanes of at least 4 members (excludes halogenated alkanes) is 7. The molecule has 3 amide bonds. The van der Waals surface area contributed by atoms with Crippen molar-refractivity contribution in [3.63, 3.8) is 0 Å². The van der Waals surface area contributed by atoms with Crippen LogP contribution in [0.15, 0.2) is 52.7 Å². The van der Waals surface area contributed by atoms with Crippen LogP contribution < -0.4 is 15.5 Å². The summed E-state index contributed by atoms with van der Waals surface area (Å²) in [6, 6.07) is 9.35. The monoisotopic (exact) mass is 662 g/mol. The van der Waals surface area contributed by atoms with Gasteiger partial charge in [0, 0.05) is 35.5 Å². The molecule has 240 valence electrons. The summed E-state index contributed by atoms with van der Waals surface area (Å²) < 4.78 is 11.4. The lowest BCUT2D eigenvalue weighted by molar-refractivity contribution is -0.115. The van der Waals surface area contributed by atoms with Crippen LogP contribution in [0.2, 0.25) is 0 Å². The van der Waals surface area contributed by atoms with Gasteiger partial charge in [0.25, 0.3) is 5.91 Å². The van der Waals surface area contributed by atoms with Gasteiger partial charge in [-0.2, -0.15) is 0 Å². The lowest BCUT2D eigenvalue weighted by atomic mass is 10.1. The molecule has 9 nitrogen and oxygen atoms in total. The molecule has 0 aromatic heterocycles. The standard InChI is InChI=1S/C33H51BrN4O5/c1-4-6-7-8-9-10-11-13-16-27(3)36-33(41)42-22-19-35-32(40)43-23-21-38(30-17-14-12-15-18-30)31(39)28-24-29(34)26-37(25-28)20-5-2/h12,14-15,17-18,24-25,27H,4-11,13,16,19-23,26H2,1-3H3,(H,35,40)(H,36,41). The number of para-hydroxylation sites is 1. The number of ether oxygens (including phenoxy) is 2. The van der Waals surface area contributed by atoms with E-state index in [0.29, 0.717) is 11.3 Å². The highest BCUT2D eigenvalue weighted by Crippen LogP contribution is 2.23. The molecule has 1 atom stereocenters. The van der Waals surface area contributed by atoms with E-state index in [1.54, 1.807) is 4.90 Å². The molecule has 0 saturated heterocycles. The molecule has 43 heavy (non-hydrogen) atoms. The summed E-state index contributed by atoms with van der Waals surface area (Å²) in [7, 11) is 0. The number of carbonyl (C=O) groups is 3. The van der Waals surface area contributed by atoms with E-state index in [9.17, 15) is 14.4 Å². The van der Waals surface area contributed by atoms with Crippen LogP contribution in [0.1, 0.15) is 85.0 Å². The van der Waals surface area contributed by atoms with Gasteiger partial charge in [-0.3, -0.25) is 4.79 Å². The minimum atomic E-state index is -0.638. The molecule has 1 aliphatic heterocycles. The largest absolute Gasteiger partial charge is 0.448 e. The maximum Gasteiger partial charge on any atom is 0.407 e. The zero-order valence-electron chi connectivity index (χ0n) is 26.2. The average molecular weight is 664 g/mol. The number of benzene rings is 1. The van der Waals surface area contributed by atoms with Crippen LogP contribution >= 0.6 is 15.9 Å². The van der Waals surface area contributed by atoms with Crippen LogP contribution in [0, 0.1) is 0 Å². The first-order valence-corrected chi connectivity index (χ1v) is 16.7. The van der Waals surface area contributed by atoms with Gasteiger partial charge < -0.3 is 29.9 Å². The Bertz CT molecular complexity index is 1030. The highest BCUT2D eigenvalue weighted by atomic mass is 79.9. The number of anilines is 1. The highest BCUT2D eigenvalue weighted by molar-refractivity contribution is 9.11. The normalized spacial score (nSPS) is 13.4. The van der Waals surface area contributed by atoms with Gasteiger partial charge in [0.15, 0.2) is 0 Å². The minimum Gasteiger partial charge on any atom is -0.448 e. The van der Waals surface area contributed by atoms with Crippen molar-refractivity contribution in [3.05, 3.63) is 52.7 Å². The molecule has 2 N–H and O–H groups in total. The van der Waals surface area contributed by atoms with E-state index in [2.05, 4.69) is 45.3 Å². The van der Waals surface area contributed by atoms with Crippen LogP contribution in [0.5, 0.6) is 0 Å². The summed E-state index contributed by atoms with van der Waals surface area (Å²) in [5, 5.41) is 5.43. The highest BCUT2D eigenvalue weighted by Gasteiger charge is 2.23. The third-order valence-electron chi connectivity index (χ3n) is 7.07. The molecule has 1 unspecified atom stereocenters. The van der Waals surface area contributed by atoms with Gasteiger partial charge in [-0.1, -0.05) is 99.3 Å². The number of nitrogens with zero attached hydrogens (tertiary/aromatic N) is 2. The third kappa shape index (κ3) is 15.3. The SMILES string of the molecule is CCCCCCCCCCC(C)NC(=O)OCCNC(=O)OCCN(C(=O)C1=CN(CCC)CC(Br)=C1)c1ccccc1. The molecule has 0 spiro atoms. The zero-order chi connectivity index (χ0) is 31.3. The zero-order valence-corrected chi connectivity index (χ0v) is 27.8. The molecule has 0 fully saturated rings. The topological polar surface area (TPSA) is 100 Å². The Morgan fingerprint density at radius 1 is 0.930 bits per heavy atom. The summed E-state index contributed by atoms with van der Waals surface area (Å²) in [5.74, 6) is -0.177. The number of hydrogen-bond donors (Lipinski definition) is 2. The molecular formula is C33H51BrN4O5. The Morgan fingerprint density at radius 3 is 2.30 bits per heavy atom. The van der Waals surface area contributed by atoms with Crippen LogP contribution in [-0.2, 0) is 14.3 Å². The summed E-state index contributed by atoms with van der Waals surface area (Å²) >= 11 is 3.55. The fourth-order valence-electron chi connectivity index (χ4n) is 4.82. The van der Waals surface area contributed by atoms with E-state index in [1.807, 2.05) is 49.5 Å². The van der Waals surface area contributed by atoms with Gasteiger partial charge in [-0.25, -0.2) is 9.59 Å². The van der Waals surface area contributed by atoms with Gasteiger partial charge >= 0.3 is 12.2 Å². The molecule has 1 heterocycles. The molecule has 1 aromatic carbocycles. The lowest BCUT2D eigenvalue weighted by Crippen LogP contribution is -2.38. The van der Waals surface area contributed by atoms with E-state index in [1.165, 1.54) is 44.9 Å². The summed E-state index contributed by atoms with van der Waals surface area (Å²) in [4.78, 5) is 41.5. The lowest BCUT2D eigenvalue weighted by Gasteiger charge is -2.28. The second-order valence-electron chi connectivity index (χ2n) is 10.9. The maximum atomic E-state index is 13.5. The first-order chi connectivity index (χ1) is 20.8. The molecule has 0 bridgehead atoms. The number of carbonyl (C=O) groups excluding carboxylic acids is 3. The number of hydrogen-bond acceptors (Lipinski definition) is 6. The van der Waals surface area contributed by atoms with E-state index in [-0.39, 0.29) is 38.3 Å². The van der Waals surface area contributed by atoms with Crippen LogP contribution in [0.25, 0.3) is 0 Å². The van der Waals surface area contributed by atoms with Crippen LogP contribution in [0.4, 0.5) is 15.3 Å². The molecule has 0 radical (unpaired) electrons. The Balaban J connectivity index is 1.68. The molecule has 0 aliphatic carbocycles. The summed E-state index contributed by atoms with van der Waals surface area (Å²) in [6.45, 7) is 8.21. The molecule has 0 saturated carbocycles. The molecule has 10 heteroatoms. The Labute approximate surface area is 266 Å². The Morgan fingerprint density at radius 2 is 1.60 bits per heavy atom. The van der Waals surface area contributed by atoms with Gasteiger partial charge in [0.1, 0.15) is 13.2 Å². The second kappa shape index (κ2) is 21.6. The van der Waals surface area contributed by atoms with Crippen molar-refractivity contribution in [1.82, 2.24) is 15.5 Å². The van der Waals surface area contributed by atoms with Gasteiger partial charge in [-0.05, 0) is 38.0 Å². The Hall–Kier alpha value is -3.01. The van der Waals surface area contributed by atoms with Crippen molar-refractivity contribution >= 4 is 39.7 Å². The van der Waals surface area contributed by atoms with Crippen LogP contribution in [0.3, 0.4) is 0 Å². The fraction of sp³-hybridized carbons (Fsp3) is 0.606. The minimum absolute atomic E-state index is 0.000897. The number of halogens is 1. The second-order valence-corrected chi connectivity index (χ2v) is 12.0. The van der Waals surface area contributed by atoms with Crippen molar-refractivity contribution in [1.29, 1.82) is 0 Å². The van der Waals surface area contributed by atoms with E-state index >= 15 is 0 Å².